The van der Waals surface area contributed by atoms with Gasteiger partial charge >= 0.3 is 0 Å². The number of Topliss-reactive ketones (excluding diaryl/α,β-unsaturated/α-hetero) is 1. The van der Waals surface area contributed by atoms with Crippen LogP contribution in [0, 0.1) is 13.8 Å². The Morgan fingerprint density at radius 3 is 2.38 bits per heavy atom. The number of allylic oxidation sites excluding steroid dienone is 1. The summed E-state index contributed by atoms with van der Waals surface area (Å²) >= 11 is 0. The second-order valence-corrected chi connectivity index (χ2v) is 5.17. The number of fused-ring (bicyclic) bond motifs is 1. The number of benzene rings is 2. The zero-order valence-electron chi connectivity index (χ0n) is 11.7. The van der Waals surface area contributed by atoms with Gasteiger partial charge in [0.05, 0.1) is 5.56 Å². The predicted molar refractivity (Wildman–Crippen MR) is 78.6 cm³/mol. The van der Waals surface area contributed by atoms with Crippen molar-refractivity contribution in [3.8, 4) is 17.2 Å². The fraction of sp³-hybridized carbons (Fsp3) is 0.118. The summed E-state index contributed by atoms with van der Waals surface area (Å²) < 4.78 is 5.42. The van der Waals surface area contributed by atoms with Gasteiger partial charge in [0.2, 0.25) is 11.5 Å². The van der Waals surface area contributed by atoms with Gasteiger partial charge in [-0.3, -0.25) is 4.79 Å². The van der Waals surface area contributed by atoms with Gasteiger partial charge in [0.25, 0.3) is 0 Å². The zero-order chi connectivity index (χ0) is 15.1. The molecule has 0 aliphatic carbocycles. The Balaban J connectivity index is 2.05. The van der Waals surface area contributed by atoms with Crippen molar-refractivity contribution in [2.75, 3.05) is 0 Å². The first-order valence-corrected chi connectivity index (χ1v) is 6.53. The number of ketones is 1. The molecule has 106 valence electrons. The average molecular weight is 282 g/mol. The molecule has 4 heteroatoms. The number of carbonyl (C=O) groups excluding carboxylic acids is 1. The van der Waals surface area contributed by atoms with Crippen LogP contribution in [-0.4, -0.2) is 16.0 Å². The first-order valence-electron chi connectivity index (χ1n) is 6.53. The van der Waals surface area contributed by atoms with Crippen molar-refractivity contribution < 1.29 is 19.7 Å². The maximum absolute atomic E-state index is 12.2. The van der Waals surface area contributed by atoms with Gasteiger partial charge in [-0.05, 0) is 37.6 Å². The second-order valence-electron chi connectivity index (χ2n) is 5.17. The summed E-state index contributed by atoms with van der Waals surface area (Å²) in [6, 6.07) is 8.64. The number of phenols is 2. The fourth-order valence-electron chi connectivity index (χ4n) is 2.47. The Morgan fingerprint density at radius 2 is 1.71 bits per heavy atom. The van der Waals surface area contributed by atoms with Gasteiger partial charge < -0.3 is 14.9 Å². The maximum atomic E-state index is 12.2. The summed E-state index contributed by atoms with van der Waals surface area (Å²) in [5.74, 6) is -0.884. The van der Waals surface area contributed by atoms with Crippen LogP contribution in [0.15, 0.2) is 36.1 Å². The SMILES string of the molecule is Cc1cc(C)cc(C=C2Oc3c(ccc(O)c3O)C2=O)c1. The molecule has 0 spiro atoms. The molecule has 3 rings (SSSR count). The highest BCUT2D eigenvalue weighted by Crippen LogP contribution is 2.44. The molecule has 2 N–H and O–H groups in total. The van der Waals surface area contributed by atoms with E-state index >= 15 is 0 Å². The minimum atomic E-state index is -0.412. The molecule has 0 bridgehead atoms. The molecule has 21 heavy (non-hydrogen) atoms. The van der Waals surface area contributed by atoms with Crippen LogP contribution in [-0.2, 0) is 0 Å². The largest absolute Gasteiger partial charge is 0.504 e. The van der Waals surface area contributed by atoms with Crippen molar-refractivity contribution >= 4 is 11.9 Å². The lowest BCUT2D eigenvalue weighted by molar-refractivity contribution is 0.101. The molecule has 0 amide bonds. The van der Waals surface area contributed by atoms with Crippen molar-refractivity contribution in [2.24, 2.45) is 0 Å². The van der Waals surface area contributed by atoms with Crippen LogP contribution in [0.4, 0.5) is 0 Å². The standard InChI is InChI=1S/C17H14O4/c1-9-5-10(2)7-11(6-9)8-14-15(19)12-3-4-13(18)16(20)17(12)21-14/h3-8,18,20H,1-2H3. The molecule has 2 aromatic rings. The number of ether oxygens (including phenoxy) is 1. The number of carbonyl (C=O) groups is 1. The summed E-state index contributed by atoms with van der Waals surface area (Å²) in [5, 5.41) is 19.2. The Hall–Kier alpha value is -2.75. The van der Waals surface area contributed by atoms with Crippen LogP contribution in [0.25, 0.3) is 6.08 Å². The quantitative estimate of drug-likeness (QED) is 0.622. The minimum absolute atomic E-state index is 0.00984. The van der Waals surface area contributed by atoms with E-state index in [4.69, 9.17) is 4.74 Å². The zero-order valence-corrected chi connectivity index (χ0v) is 11.7. The fourth-order valence-corrected chi connectivity index (χ4v) is 2.47. The van der Waals surface area contributed by atoms with E-state index in [-0.39, 0.29) is 28.6 Å². The van der Waals surface area contributed by atoms with E-state index in [0.29, 0.717) is 0 Å². The van der Waals surface area contributed by atoms with E-state index in [1.807, 2.05) is 32.0 Å². The van der Waals surface area contributed by atoms with Gasteiger partial charge in [-0.25, -0.2) is 0 Å². The average Bonchev–Trinajstić information content (AvgIpc) is 2.71. The van der Waals surface area contributed by atoms with E-state index in [1.165, 1.54) is 12.1 Å². The monoisotopic (exact) mass is 282 g/mol. The topological polar surface area (TPSA) is 66.8 Å². The molecule has 2 aromatic carbocycles. The molecular weight excluding hydrogens is 268 g/mol. The van der Waals surface area contributed by atoms with Crippen molar-refractivity contribution in [3.63, 3.8) is 0 Å². The molecule has 0 saturated heterocycles. The third-order valence-corrected chi connectivity index (χ3v) is 3.33. The van der Waals surface area contributed by atoms with Crippen molar-refractivity contribution in [1.29, 1.82) is 0 Å². The van der Waals surface area contributed by atoms with Crippen molar-refractivity contribution in [3.05, 3.63) is 58.3 Å². The highest BCUT2D eigenvalue weighted by atomic mass is 16.5. The molecule has 0 radical (unpaired) electrons. The van der Waals surface area contributed by atoms with Gasteiger partial charge in [0.15, 0.2) is 17.3 Å². The van der Waals surface area contributed by atoms with E-state index in [0.717, 1.165) is 16.7 Å². The number of aryl methyl sites for hydroxylation is 2. The van der Waals surface area contributed by atoms with E-state index < -0.39 is 5.75 Å². The van der Waals surface area contributed by atoms with Crippen LogP contribution < -0.4 is 4.74 Å². The number of rotatable bonds is 1. The van der Waals surface area contributed by atoms with Crippen molar-refractivity contribution in [1.82, 2.24) is 0 Å². The Morgan fingerprint density at radius 1 is 1.05 bits per heavy atom. The van der Waals surface area contributed by atoms with Crippen LogP contribution in [0.1, 0.15) is 27.0 Å². The normalized spacial score (nSPS) is 15.1. The summed E-state index contributed by atoms with van der Waals surface area (Å²) in [6.07, 6.45) is 1.64. The number of phenolic OH excluding ortho intramolecular Hbond substituents is 2. The van der Waals surface area contributed by atoms with Crippen LogP contribution in [0.3, 0.4) is 0 Å². The summed E-state index contributed by atoms with van der Waals surface area (Å²) in [6.45, 7) is 3.95. The maximum Gasteiger partial charge on any atom is 0.232 e. The molecule has 0 saturated carbocycles. The molecule has 1 aliphatic heterocycles. The molecule has 0 unspecified atom stereocenters. The summed E-state index contributed by atoms with van der Waals surface area (Å²) in [4.78, 5) is 12.2. The second kappa shape index (κ2) is 4.66. The Bertz CT molecular complexity index is 767. The third-order valence-electron chi connectivity index (χ3n) is 3.33. The van der Waals surface area contributed by atoms with E-state index in [9.17, 15) is 15.0 Å². The molecule has 0 atom stereocenters. The number of hydrogen-bond acceptors (Lipinski definition) is 4. The van der Waals surface area contributed by atoms with Crippen LogP contribution in [0.5, 0.6) is 17.2 Å². The number of hydrogen-bond donors (Lipinski definition) is 2. The molecule has 0 aromatic heterocycles. The van der Waals surface area contributed by atoms with Crippen LogP contribution >= 0.6 is 0 Å². The first-order chi connectivity index (χ1) is 9.95. The lowest BCUT2D eigenvalue weighted by atomic mass is 10.0. The van der Waals surface area contributed by atoms with Gasteiger partial charge in [-0.2, -0.15) is 0 Å². The van der Waals surface area contributed by atoms with Gasteiger partial charge in [0, 0.05) is 0 Å². The summed E-state index contributed by atoms with van der Waals surface area (Å²) in [7, 11) is 0. The van der Waals surface area contributed by atoms with Gasteiger partial charge in [-0.1, -0.05) is 29.3 Å². The molecular formula is C17H14O4. The van der Waals surface area contributed by atoms with Gasteiger partial charge in [0.1, 0.15) is 0 Å². The summed E-state index contributed by atoms with van der Waals surface area (Å²) in [5.41, 5.74) is 3.28. The highest BCUT2D eigenvalue weighted by Gasteiger charge is 2.31. The number of aromatic hydroxyl groups is 2. The van der Waals surface area contributed by atoms with Crippen molar-refractivity contribution in [2.45, 2.75) is 13.8 Å². The Labute approximate surface area is 121 Å². The Kier molecular flexibility index (Phi) is 2.94. The highest BCUT2D eigenvalue weighted by molar-refractivity contribution is 6.15. The van der Waals surface area contributed by atoms with Gasteiger partial charge in [-0.15, -0.1) is 0 Å². The minimum Gasteiger partial charge on any atom is -0.504 e. The predicted octanol–water partition coefficient (Wildman–Crippen LogP) is 3.33. The van der Waals surface area contributed by atoms with E-state index in [1.54, 1.807) is 6.08 Å². The molecule has 0 fully saturated rings. The smallest absolute Gasteiger partial charge is 0.232 e. The lowest BCUT2D eigenvalue weighted by Gasteiger charge is -2.03. The van der Waals surface area contributed by atoms with Crippen LogP contribution in [0.2, 0.25) is 0 Å². The van der Waals surface area contributed by atoms with E-state index in [2.05, 4.69) is 0 Å². The first kappa shape index (κ1) is 13.2. The molecule has 1 aliphatic rings. The third kappa shape index (κ3) is 2.25. The molecule has 4 nitrogen and oxygen atoms in total. The lowest BCUT2D eigenvalue weighted by Crippen LogP contribution is -1.98. The molecule has 1 heterocycles.